The summed E-state index contributed by atoms with van der Waals surface area (Å²) in [7, 11) is 0. The summed E-state index contributed by atoms with van der Waals surface area (Å²) in [5, 5.41) is 14.5. The number of aryl methyl sites for hydroxylation is 3. The molecule has 2 aliphatic rings. The third-order valence-corrected chi connectivity index (χ3v) is 8.41. The molecular weight excluding hydrogens is 516 g/mol. The summed E-state index contributed by atoms with van der Waals surface area (Å²) in [6, 6.07) is 33.0. The molecule has 0 radical (unpaired) electrons. The molecule has 0 bridgehead atoms. The first-order chi connectivity index (χ1) is 19.4. The van der Waals surface area contributed by atoms with Gasteiger partial charge in [-0.25, -0.2) is 14.8 Å². The summed E-state index contributed by atoms with van der Waals surface area (Å²) in [6.45, 7) is 8.34. The number of anilines is 2. The smallest absolute Gasteiger partial charge is 0.365 e. The average molecular weight is 547 g/mol. The summed E-state index contributed by atoms with van der Waals surface area (Å²) in [6.07, 6.45) is 0. The Bertz CT molecular complexity index is 1650. The zero-order valence-corrected chi connectivity index (χ0v) is 23.8. The number of thioether (sulfide) groups is 1. The Balaban J connectivity index is 1.66. The molecule has 1 atom stereocenters. The molecule has 7 heteroatoms. The van der Waals surface area contributed by atoms with Gasteiger partial charge in [-0.05, 0) is 75.4 Å². The van der Waals surface area contributed by atoms with Crippen LogP contribution in [0.4, 0.5) is 11.4 Å². The SMILES string of the molecule is CCOC(=O)C1=NN(c2ccc(C)cc2)[C@@]2(S1)c1ccccc1C(c1cc(C)ccc1C)=NN2c1ccccc1. The van der Waals surface area contributed by atoms with Crippen LogP contribution in [-0.4, -0.2) is 23.3 Å². The van der Waals surface area contributed by atoms with E-state index in [9.17, 15) is 4.79 Å². The van der Waals surface area contributed by atoms with E-state index < -0.39 is 11.0 Å². The lowest BCUT2D eigenvalue weighted by Gasteiger charge is -2.47. The first-order valence-corrected chi connectivity index (χ1v) is 14.2. The van der Waals surface area contributed by atoms with Gasteiger partial charge in [-0.2, -0.15) is 10.2 Å². The number of hydrogen-bond donors (Lipinski definition) is 0. The number of carbonyl (C=O) groups is 1. The van der Waals surface area contributed by atoms with Crippen molar-refractivity contribution >= 4 is 39.9 Å². The van der Waals surface area contributed by atoms with Crippen LogP contribution in [0.1, 0.15) is 40.3 Å². The second-order valence-corrected chi connectivity index (χ2v) is 11.1. The molecule has 0 unspecified atom stereocenters. The van der Waals surface area contributed by atoms with Crippen LogP contribution < -0.4 is 10.0 Å². The molecule has 0 aromatic heterocycles. The normalized spacial score (nSPS) is 17.9. The van der Waals surface area contributed by atoms with Gasteiger partial charge in [0.2, 0.25) is 10.0 Å². The number of hydrazone groups is 2. The van der Waals surface area contributed by atoms with E-state index in [0.29, 0.717) is 0 Å². The number of fused-ring (bicyclic) bond motifs is 2. The van der Waals surface area contributed by atoms with Crippen molar-refractivity contribution in [1.29, 1.82) is 0 Å². The summed E-state index contributed by atoms with van der Waals surface area (Å²) < 4.78 is 5.44. The van der Waals surface area contributed by atoms with Crippen LogP contribution in [0.15, 0.2) is 107 Å². The van der Waals surface area contributed by atoms with Crippen LogP contribution in [0.5, 0.6) is 0 Å². The molecule has 6 rings (SSSR count). The highest BCUT2D eigenvalue weighted by Crippen LogP contribution is 2.55. The summed E-state index contributed by atoms with van der Waals surface area (Å²) in [5.74, 6) is -0.448. The monoisotopic (exact) mass is 546 g/mol. The van der Waals surface area contributed by atoms with E-state index in [0.717, 1.165) is 50.5 Å². The van der Waals surface area contributed by atoms with E-state index in [-0.39, 0.29) is 11.7 Å². The molecular formula is C33H30N4O2S. The van der Waals surface area contributed by atoms with Gasteiger partial charge in [0, 0.05) is 16.7 Å². The number of para-hydroxylation sites is 1. The van der Waals surface area contributed by atoms with Crippen LogP contribution >= 0.6 is 11.8 Å². The van der Waals surface area contributed by atoms with Gasteiger partial charge in [-0.3, -0.25) is 0 Å². The van der Waals surface area contributed by atoms with Crippen LogP contribution in [0.2, 0.25) is 0 Å². The number of ether oxygens (including phenoxy) is 1. The van der Waals surface area contributed by atoms with Crippen molar-refractivity contribution in [3.8, 4) is 0 Å². The summed E-state index contributed by atoms with van der Waals surface area (Å²) >= 11 is 1.36. The van der Waals surface area contributed by atoms with Gasteiger partial charge >= 0.3 is 5.97 Å². The van der Waals surface area contributed by atoms with Crippen LogP contribution in [-0.2, 0) is 14.5 Å². The maximum atomic E-state index is 13.2. The zero-order chi connectivity index (χ0) is 27.9. The fourth-order valence-electron chi connectivity index (χ4n) is 5.15. The van der Waals surface area contributed by atoms with Crippen molar-refractivity contribution in [2.75, 3.05) is 16.6 Å². The van der Waals surface area contributed by atoms with Gasteiger partial charge in [0.15, 0.2) is 0 Å². The topological polar surface area (TPSA) is 57.5 Å². The molecule has 1 spiro atoms. The van der Waals surface area contributed by atoms with Crippen molar-refractivity contribution in [3.63, 3.8) is 0 Å². The Kier molecular flexibility index (Phi) is 6.68. The maximum absolute atomic E-state index is 13.2. The highest BCUT2D eigenvalue weighted by Gasteiger charge is 2.56. The molecule has 4 aromatic rings. The van der Waals surface area contributed by atoms with Crippen molar-refractivity contribution in [1.82, 2.24) is 0 Å². The molecule has 6 nitrogen and oxygen atoms in total. The summed E-state index contributed by atoms with van der Waals surface area (Å²) in [5.41, 5.74) is 9.09. The minimum absolute atomic E-state index is 0.268. The van der Waals surface area contributed by atoms with Crippen LogP contribution in [0.3, 0.4) is 0 Å². The lowest BCUT2D eigenvalue weighted by atomic mass is 9.90. The van der Waals surface area contributed by atoms with Gasteiger partial charge in [-0.1, -0.05) is 77.9 Å². The Morgan fingerprint density at radius 1 is 0.775 bits per heavy atom. The number of rotatable bonds is 5. The number of hydrogen-bond acceptors (Lipinski definition) is 7. The lowest BCUT2D eigenvalue weighted by Crippen LogP contribution is -2.54. The quantitative estimate of drug-likeness (QED) is 0.249. The minimum Gasteiger partial charge on any atom is -0.461 e. The zero-order valence-electron chi connectivity index (χ0n) is 23.0. The van der Waals surface area contributed by atoms with Crippen molar-refractivity contribution in [3.05, 3.63) is 130 Å². The van der Waals surface area contributed by atoms with Crippen LogP contribution in [0.25, 0.3) is 0 Å². The van der Waals surface area contributed by atoms with Gasteiger partial charge in [0.25, 0.3) is 0 Å². The average Bonchev–Trinajstić information content (AvgIpc) is 3.37. The van der Waals surface area contributed by atoms with Gasteiger partial charge in [0.05, 0.1) is 23.7 Å². The number of esters is 1. The van der Waals surface area contributed by atoms with E-state index in [2.05, 4.69) is 63.2 Å². The highest BCUT2D eigenvalue weighted by molar-refractivity contribution is 8.16. The second kappa shape index (κ2) is 10.3. The Morgan fingerprint density at radius 2 is 1.43 bits per heavy atom. The van der Waals surface area contributed by atoms with Crippen molar-refractivity contribution in [2.45, 2.75) is 32.7 Å². The predicted molar refractivity (Wildman–Crippen MR) is 164 cm³/mol. The minimum atomic E-state index is -1.02. The summed E-state index contributed by atoms with van der Waals surface area (Å²) in [4.78, 5) is 12.2. The van der Waals surface area contributed by atoms with E-state index in [1.54, 1.807) is 6.92 Å². The molecule has 2 heterocycles. The molecule has 200 valence electrons. The van der Waals surface area contributed by atoms with E-state index in [1.165, 1.54) is 11.8 Å². The van der Waals surface area contributed by atoms with E-state index in [1.807, 2.05) is 64.6 Å². The second-order valence-electron chi connectivity index (χ2n) is 9.94. The molecule has 0 saturated carbocycles. The van der Waals surface area contributed by atoms with Crippen LogP contribution in [0, 0.1) is 20.8 Å². The van der Waals surface area contributed by atoms with Crippen molar-refractivity contribution in [2.24, 2.45) is 10.2 Å². The maximum Gasteiger partial charge on any atom is 0.365 e. The molecule has 0 N–H and O–H groups in total. The fraction of sp³-hybridized carbons (Fsp3) is 0.182. The third-order valence-electron chi connectivity index (χ3n) is 7.11. The van der Waals surface area contributed by atoms with E-state index in [4.69, 9.17) is 14.9 Å². The van der Waals surface area contributed by atoms with E-state index >= 15 is 0 Å². The number of carbonyl (C=O) groups excluding carboxylic acids is 1. The Hall–Kier alpha value is -4.36. The molecule has 4 aromatic carbocycles. The lowest BCUT2D eigenvalue weighted by molar-refractivity contribution is -0.134. The molecule has 0 aliphatic carbocycles. The molecule has 40 heavy (non-hydrogen) atoms. The number of benzene rings is 4. The standard InChI is InChI=1S/C33H30N4O2S/c1-5-39-32(38)31-35-37(26-19-16-22(2)17-20-26)33(40-31)29-14-10-9-13-27(29)30(28-21-23(3)15-18-24(28)4)34-36(33)25-11-7-6-8-12-25/h6-21H,5H2,1-4H3/t33-/m1/s1. The molecule has 0 amide bonds. The Morgan fingerprint density at radius 3 is 2.17 bits per heavy atom. The molecule has 2 aliphatic heterocycles. The Labute approximate surface area is 239 Å². The third kappa shape index (κ3) is 4.27. The van der Waals surface area contributed by atoms with Crippen molar-refractivity contribution < 1.29 is 9.53 Å². The molecule has 0 fully saturated rings. The largest absolute Gasteiger partial charge is 0.461 e. The molecule has 0 saturated heterocycles. The van der Waals surface area contributed by atoms with Gasteiger partial charge < -0.3 is 4.74 Å². The van der Waals surface area contributed by atoms with Gasteiger partial charge in [-0.15, -0.1) is 0 Å². The predicted octanol–water partition coefficient (Wildman–Crippen LogP) is 7.12. The first kappa shape index (κ1) is 25.9. The van der Waals surface area contributed by atoms with Gasteiger partial charge in [0.1, 0.15) is 0 Å². The fourth-order valence-corrected chi connectivity index (χ4v) is 6.44. The number of nitrogens with zero attached hydrogens (tertiary/aromatic N) is 4. The first-order valence-electron chi connectivity index (χ1n) is 13.4. The highest BCUT2D eigenvalue weighted by atomic mass is 32.2.